The number of carbonyl (C=O) groups is 1. The summed E-state index contributed by atoms with van der Waals surface area (Å²) in [5.41, 5.74) is 3.17. The highest BCUT2D eigenvalue weighted by Gasteiger charge is 2.30. The Morgan fingerprint density at radius 3 is 2.89 bits per heavy atom. The van der Waals surface area contributed by atoms with Gasteiger partial charge in [0.05, 0.1) is 6.04 Å². The van der Waals surface area contributed by atoms with Crippen molar-refractivity contribution in [1.29, 1.82) is 0 Å². The summed E-state index contributed by atoms with van der Waals surface area (Å²) in [7, 11) is 1.78. The van der Waals surface area contributed by atoms with Crippen LogP contribution in [0.3, 0.4) is 0 Å². The zero-order valence-electron chi connectivity index (χ0n) is 11.1. The molecule has 0 bridgehead atoms. The third-order valence-corrected chi connectivity index (χ3v) is 3.84. The van der Waals surface area contributed by atoms with Crippen molar-refractivity contribution in [2.45, 2.75) is 19.4 Å². The molecule has 2 aromatic rings. The van der Waals surface area contributed by atoms with Crippen LogP contribution in [-0.4, -0.2) is 15.7 Å². The maximum absolute atomic E-state index is 12.3. The fraction of sp³-hybridized carbons (Fsp3) is 0.333. The van der Waals surface area contributed by atoms with Crippen molar-refractivity contribution >= 4 is 5.91 Å². The topological polar surface area (TPSA) is 46.9 Å². The quantitative estimate of drug-likeness (QED) is 0.893. The molecule has 4 heteroatoms. The number of aromatic nitrogens is 2. The lowest BCUT2D eigenvalue weighted by Crippen LogP contribution is -2.31. The van der Waals surface area contributed by atoms with Gasteiger partial charge in [0.1, 0.15) is 5.69 Å². The Labute approximate surface area is 112 Å². The second kappa shape index (κ2) is 4.53. The van der Waals surface area contributed by atoms with Crippen molar-refractivity contribution in [3.63, 3.8) is 0 Å². The first-order chi connectivity index (χ1) is 9.16. The highest BCUT2D eigenvalue weighted by Crippen LogP contribution is 2.35. The lowest BCUT2D eigenvalue weighted by Gasteiger charge is -2.18. The summed E-state index contributed by atoms with van der Waals surface area (Å²) in [6, 6.07) is 10.2. The molecule has 0 aliphatic heterocycles. The Balaban J connectivity index is 1.84. The summed E-state index contributed by atoms with van der Waals surface area (Å²) in [5, 5.41) is 7.16. The van der Waals surface area contributed by atoms with E-state index in [1.807, 2.05) is 6.07 Å². The van der Waals surface area contributed by atoms with Crippen LogP contribution in [0.2, 0.25) is 0 Å². The van der Waals surface area contributed by atoms with Crippen molar-refractivity contribution in [3.8, 4) is 0 Å². The summed E-state index contributed by atoms with van der Waals surface area (Å²) in [5.74, 6) is 0.364. The van der Waals surface area contributed by atoms with Gasteiger partial charge in [-0.05, 0) is 29.5 Å². The standard InChI is InChI=1S/C15H17N3O/c1-10-9-11-5-3-4-6-12(11)14(10)17-15(19)13-7-8-16-18(13)2/h3-8,10,14H,9H2,1-2H3,(H,17,19)/t10-,14-/m0/s1. The molecule has 0 fully saturated rings. The van der Waals surface area contributed by atoms with Crippen LogP contribution >= 0.6 is 0 Å². The molecule has 98 valence electrons. The van der Waals surface area contributed by atoms with Crippen LogP contribution in [0.25, 0.3) is 0 Å². The fourth-order valence-corrected chi connectivity index (χ4v) is 2.83. The normalized spacial score (nSPS) is 21.2. The van der Waals surface area contributed by atoms with Gasteiger partial charge >= 0.3 is 0 Å². The van der Waals surface area contributed by atoms with Gasteiger partial charge in [-0.25, -0.2) is 0 Å². The summed E-state index contributed by atoms with van der Waals surface area (Å²) >= 11 is 0. The molecule has 2 atom stereocenters. The molecule has 19 heavy (non-hydrogen) atoms. The third-order valence-electron chi connectivity index (χ3n) is 3.84. The SMILES string of the molecule is C[C@H]1Cc2ccccc2[C@H]1NC(=O)c1ccnn1C. The minimum atomic E-state index is -0.0615. The van der Waals surface area contributed by atoms with Gasteiger partial charge in [-0.15, -0.1) is 0 Å². The predicted molar refractivity (Wildman–Crippen MR) is 72.7 cm³/mol. The maximum atomic E-state index is 12.3. The van der Waals surface area contributed by atoms with Crippen molar-refractivity contribution in [1.82, 2.24) is 15.1 Å². The van der Waals surface area contributed by atoms with Crippen LogP contribution in [0.5, 0.6) is 0 Å². The summed E-state index contributed by atoms with van der Waals surface area (Å²) in [6.45, 7) is 2.17. The van der Waals surface area contributed by atoms with Crippen molar-refractivity contribution < 1.29 is 4.79 Å². The van der Waals surface area contributed by atoms with E-state index >= 15 is 0 Å². The fourth-order valence-electron chi connectivity index (χ4n) is 2.83. The van der Waals surface area contributed by atoms with Gasteiger partial charge in [-0.3, -0.25) is 9.48 Å². The molecule has 1 heterocycles. The zero-order chi connectivity index (χ0) is 13.4. The molecule has 0 spiro atoms. The first-order valence-electron chi connectivity index (χ1n) is 6.53. The number of amides is 1. The predicted octanol–water partition coefficient (Wildman–Crippen LogP) is 2.08. The molecule has 1 aromatic heterocycles. The van der Waals surface area contributed by atoms with Gasteiger partial charge in [0.2, 0.25) is 0 Å². The van der Waals surface area contributed by atoms with E-state index in [9.17, 15) is 4.79 Å². The number of aryl methyl sites for hydroxylation is 1. The molecule has 1 aliphatic rings. The molecule has 0 saturated carbocycles. The van der Waals surface area contributed by atoms with Gasteiger partial charge in [-0.1, -0.05) is 31.2 Å². The van der Waals surface area contributed by atoms with Crippen LogP contribution in [0.15, 0.2) is 36.5 Å². The van der Waals surface area contributed by atoms with Crippen molar-refractivity contribution in [2.75, 3.05) is 0 Å². The van der Waals surface area contributed by atoms with E-state index in [0.29, 0.717) is 11.6 Å². The molecule has 0 radical (unpaired) electrons. The number of carbonyl (C=O) groups excluding carboxylic acids is 1. The molecule has 0 unspecified atom stereocenters. The number of nitrogens with one attached hydrogen (secondary N) is 1. The Bertz CT molecular complexity index is 617. The first kappa shape index (κ1) is 12.0. The molecule has 3 rings (SSSR count). The minimum Gasteiger partial charge on any atom is -0.344 e. The van der Waals surface area contributed by atoms with E-state index in [1.165, 1.54) is 11.1 Å². The number of nitrogens with zero attached hydrogens (tertiary/aromatic N) is 2. The van der Waals surface area contributed by atoms with Crippen molar-refractivity contribution in [3.05, 3.63) is 53.3 Å². The molecule has 0 saturated heterocycles. The van der Waals surface area contributed by atoms with Crippen LogP contribution in [0.1, 0.15) is 34.6 Å². The number of benzene rings is 1. The average Bonchev–Trinajstić information content (AvgIpc) is 2.94. The number of fused-ring (bicyclic) bond motifs is 1. The number of hydrogen-bond donors (Lipinski definition) is 1. The maximum Gasteiger partial charge on any atom is 0.270 e. The van der Waals surface area contributed by atoms with Gasteiger partial charge in [0, 0.05) is 13.2 Å². The summed E-state index contributed by atoms with van der Waals surface area (Å²) in [6.07, 6.45) is 2.66. The average molecular weight is 255 g/mol. The van der Waals surface area contributed by atoms with E-state index in [-0.39, 0.29) is 11.9 Å². The number of hydrogen-bond acceptors (Lipinski definition) is 2. The van der Waals surface area contributed by atoms with Gasteiger partial charge < -0.3 is 5.32 Å². The Morgan fingerprint density at radius 2 is 2.16 bits per heavy atom. The third kappa shape index (κ3) is 2.03. The molecule has 1 N–H and O–H groups in total. The smallest absolute Gasteiger partial charge is 0.270 e. The molecular weight excluding hydrogens is 238 g/mol. The van der Waals surface area contributed by atoms with Gasteiger partial charge in [0.25, 0.3) is 5.91 Å². The van der Waals surface area contributed by atoms with Crippen molar-refractivity contribution in [2.24, 2.45) is 13.0 Å². The number of rotatable bonds is 2. The minimum absolute atomic E-state index is 0.0615. The Hall–Kier alpha value is -2.10. The van der Waals surface area contributed by atoms with E-state index in [1.54, 1.807) is 24.0 Å². The second-order valence-corrected chi connectivity index (χ2v) is 5.17. The Morgan fingerprint density at radius 1 is 1.37 bits per heavy atom. The van der Waals surface area contributed by atoms with Crippen LogP contribution in [0, 0.1) is 5.92 Å². The van der Waals surface area contributed by atoms with Gasteiger partial charge in [0.15, 0.2) is 0 Å². The monoisotopic (exact) mass is 255 g/mol. The molecule has 1 aromatic carbocycles. The second-order valence-electron chi connectivity index (χ2n) is 5.17. The van der Waals surface area contributed by atoms with Crippen LogP contribution in [0.4, 0.5) is 0 Å². The highest BCUT2D eigenvalue weighted by atomic mass is 16.2. The molecule has 1 aliphatic carbocycles. The highest BCUT2D eigenvalue weighted by molar-refractivity contribution is 5.92. The first-order valence-corrected chi connectivity index (χ1v) is 6.53. The van der Waals surface area contributed by atoms with E-state index in [0.717, 1.165) is 6.42 Å². The van der Waals surface area contributed by atoms with Gasteiger partial charge in [-0.2, -0.15) is 5.10 Å². The lowest BCUT2D eigenvalue weighted by molar-refractivity contribution is 0.0917. The summed E-state index contributed by atoms with van der Waals surface area (Å²) < 4.78 is 1.60. The lowest BCUT2D eigenvalue weighted by atomic mass is 10.0. The van der Waals surface area contributed by atoms with E-state index in [4.69, 9.17) is 0 Å². The zero-order valence-corrected chi connectivity index (χ0v) is 11.1. The molecular formula is C15H17N3O. The van der Waals surface area contributed by atoms with Crippen LogP contribution < -0.4 is 5.32 Å². The summed E-state index contributed by atoms with van der Waals surface area (Å²) in [4.78, 5) is 12.3. The van der Waals surface area contributed by atoms with Crippen LogP contribution in [-0.2, 0) is 13.5 Å². The molecule has 1 amide bonds. The van der Waals surface area contributed by atoms with E-state index < -0.39 is 0 Å². The largest absolute Gasteiger partial charge is 0.344 e. The molecule has 4 nitrogen and oxygen atoms in total. The van der Waals surface area contributed by atoms with E-state index in [2.05, 4.69) is 35.5 Å². The Kier molecular flexibility index (Phi) is 2.85.